The fraction of sp³-hybridized carbons (Fsp3) is 1.00. The van der Waals surface area contributed by atoms with Gasteiger partial charge in [-0.05, 0) is 12.8 Å². The maximum atomic E-state index is 9.14. The number of hydrogen-bond donors (Lipinski definition) is 1. The Morgan fingerprint density at radius 3 is 2.25 bits per heavy atom. The molecule has 0 aromatic rings. The molecule has 3 nitrogen and oxygen atoms in total. The Kier molecular flexibility index (Phi) is 3.50. The van der Waals surface area contributed by atoms with Gasteiger partial charge in [0.15, 0.2) is 6.29 Å². The summed E-state index contributed by atoms with van der Waals surface area (Å²) in [5.41, 5.74) is -0.147. The van der Waals surface area contributed by atoms with Gasteiger partial charge in [-0.15, -0.1) is 0 Å². The van der Waals surface area contributed by atoms with Crippen LogP contribution in [0.5, 0.6) is 0 Å². The molecule has 0 unspecified atom stereocenters. The second kappa shape index (κ2) is 4.21. The first-order valence-electron chi connectivity index (χ1n) is 4.60. The molecule has 0 aromatic heterocycles. The fourth-order valence-electron chi connectivity index (χ4n) is 1.27. The Labute approximate surface area is 73.7 Å². The van der Waals surface area contributed by atoms with E-state index in [-0.39, 0.29) is 18.3 Å². The van der Waals surface area contributed by atoms with E-state index in [4.69, 9.17) is 14.6 Å². The van der Waals surface area contributed by atoms with Crippen molar-refractivity contribution in [2.45, 2.75) is 33.0 Å². The average Bonchev–Trinajstić information content (AvgIpc) is 2.18. The summed E-state index contributed by atoms with van der Waals surface area (Å²) >= 11 is 0. The molecule has 3 heteroatoms. The highest BCUT2D eigenvalue weighted by Crippen LogP contribution is 2.28. The third-order valence-corrected chi connectivity index (χ3v) is 2.57. The minimum atomic E-state index is -0.147. The highest BCUT2D eigenvalue weighted by Gasteiger charge is 2.34. The molecule has 0 radical (unpaired) electrons. The summed E-state index contributed by atoms with van der Waals surface area (Å²) in [4.78, 5) is 0. The lowest BCUT2D eigenvalue weighted by atomic mass is 9.87. The predicted molar refractivity (Wildman–Crippen MR) is 45.8 cm³/mol. The van der Waals surface area contributed by atoms with Gasteiger partial charge >= 0.3 is 0 Å². The molecular formula is C9H18O3. The van der Waals surface area contributed by atoms with Crippen LogP contribution in [0.1, 0.15) is 26.7 Å². The van der Waals surface area contributed by atoms with Crippen LogP contribution in [-0.4, -0.2) is 31.2 Å². The smallest absolute Gasteiger partial charge is 0.157 e. The molecule has 1 heterocycles. The Hall–Kier alpha value is -0.120. The van der Waals surface area contributed by atoms with Crippen LogP contribution in [0, 0.1) is 5.41 Å². The van der Waals surface area contributed by atoms with Crippen molar-refractivity contribution >= 4 is 0 Å². The van der Waals surface area contributed by atoms with Crippen LogP contribution < -0.4 is 0 Å². The van der Waals surface area contributed by atoms with Crippen LogP contribution in [0.2, 0.25) is 0 Å². The van der Waals surface area contributed by atoms with Crippen LogP contribution in [0.4, 0.5) is 0 Å². The Morgan fingerprint density at radius 2 is 1.92 bits per heavy atom. The monoisotopic (exact) mass is 174 g/mol. The van der Waals surface area contributed by atoms with Crippen molar-refractivity contribution in [3.05, 3.63) is 0 Å². The molecular weight excluding hydrogens is 156 g/mol. The predicted octanol–water partition coefficient (Wildman–Crippen LogP) is 1.16. The van der Waals surface area contributed by atoms with Gasteiger partial charge in [0.25, 0.3) is 0 Å². The van der Waals surface area contributed by atoms with Crippen LogP contribution >= 0.6 is 0 Å². The minimum absolute atomic E-state index is 0.0591. The van der Waals surface area contributed by atoms with Gasteiger partial charge in [-0.2, -0.15) is 0 Å². The van der Waals surface area contributed by atoms with Gasteiger partial charge < -0.3 is 14.6 Å². The molecule has 0 spiro atoms. The molecule has 1 N–H and O–H groups in total. The molecule has 1 saturated heterocycles. The van der Waals surface area contributed by atoms with Crippen molar-refractivity contribution in [2.24, 2.45) is 5.41 Å². The second-order valence-corrected chi connectivity index (χ2v) is 3.47. The molecule has 0 bridgehead atoms. The second-order valence-electron chi connectivity index (χ2n) is 3.47. The van der Waals surface area contributed by atoms with Crippen molar-refractivity contribution in [1.29, 1.82) is 0 Å². The maximum absolute atomic E-state index is 9.14. The lowest BCUT2D eigenvalue weighted by Gasteiger charge is -2.37. The topological polar surface area (TPSA) is 38.7 Å². The minimum Gasteiger partial charge on any atom is -0.396 e. The summed E-state index contributed by atoms with van der Waals surface area (Å²) in [6.45, 7) is 5.48. The number of aliphatic hydroxyl groups excluding tert-OH is 1. The standard InChI is InChI=1S/C9H18O3/c1-3-8-11-6-9(4-2,5-10)7-12-8/h8,10H,3-7H2,1-2H3. The van der Waals surface area contributed by atoms with Gasteiger partial charge in [-0.3, -0.25) is 0 Å². The van der Waals surface area contributed by atoms with Crippen molar-refractivity contribution in [1.82, 2.24) is 0 Å². The number of rotatable bonds is 3. The SMILES string of the molecule is CCC1OCC(CC)(CO)CO1. The zero-order valence-corrected chi connectivity index (χ0v) is 7.88. The molecule has 1 rings (SSSR count). The highest BCUT2D eigenvalue weighted by molar-refractivity contribution is 4.79. The van der Waals surface area contributed by atoms with E-state index < -0.39 is 0 Å². The van der Waals surface area contributed by atoms with E-state index in [1.165, 1.54) is 0 Å². The van der Waals surface area contributed by atoms with Gasteiger partial charge in [0.05, 0.1) is 19.8 Å². The van der Waals surface area contributed by atoms with Crippen molar-refractivity contribution < 1.29 is 14.6 Å². The maximum Gasteiger partial charge on any atom is 0.157 e. The zero-order chi connectivity index (χ0) is 9.03. The largest absolute Gasteiger partial charge is 0.396 e. The van der Waals surface area contributed by atoms with Gasteiger partial charge in [0.1, 0.15) is 0 Å². The van der Waals surface area contributed by atoms with E-state index in [1.54, 1.807) is 0 Å². The van der Waals surface area contributed by atoms with Crippen molar-refractivity contribution in [2.75, 3.05) is 19.8 Å². The van der Waals surface area contributed by atoms with Gasteiger partial charge in [0.2, 0.25) is 0 Å². The summed E-state index contributed by atoms with van der Waals surface area (Å²) in [6, 6.07) is 0. The molecule has 0 saturated carbocycles. The van der Waals surface area contributed by atoms with Crippen LogP contribution in [0.3, 0.4) is 0 Å². The third kappa shape index (κ3) is 1.97. The molecule has 1 aliphatic rings. The van der Waals surface area contributed by atoms with E-state index in [1.807, 2.05) is 6.92 Å². The Balaban J connectivity index is 2.42. The summed E-state index contributed by atoms with van der Waals surface area (Å²) in [6.07, 6.45) is 1.72. The first kappa shape index (κ1) is 9.96. The molecule has 0 atom stereocenters. The van der Waals surface area contributed by atoms with Crippen molar-refractivity contribution in [3.63, 3.8) is 0 Å². The van der Waals surface area contributed by atoms with Crippen LogP contribution in [0.15, 0.2) is 0 Å². The summed E-state index contributed by atoms with van der Waals surface area (Å²) < 4.78 is 10.9. The van der Waals surface area contributed by atoms with Crippen molar-refractivity contribution in [3.8, 4) is 0 Å². The molecule has 0 aliphatic carbocycles. The van der Waals surface area contributed by atoms with E-state index in [0.717, 1.165) is 12.8 Å². The summed E-state index contributed by atoms with van der Waals surface area (Å²) in [5, 5.41) is 9.14. The quantitative estimate of drug-likeness (QED) is 0.697. The number of hydrogen-bond acceptors (Lipinski definition) is 3. The van der Waals surface area contributed by atoms with Gasteiger partial charge in [-0.25, -0.2) is 0 Å². The van der Waals surface area contributed by atoms with E-state index in [0.29, 0.717) is 13.2 Å². The van der Waals surface area contributed by atoms with E-state index in [2.05, 4.69) is 6.92 Å². The molecule has 72 valence electrons. The zero-order valence-electron chi connectivity index (χ0n) is 7.88. The van der Waals surface area contributed by atoms with E-state index in [9.17, 15) is 0 Å². The fourth-order valence-corrected chi connectivity index (χ4v) is 1.27. The summed E-state index contributed by atoms with van der Waals surface area (Å²) in [5.74, 6) is 0. The highest BCUT2D eigenvalue weighted by atomic mass is 16.7. The molecule has 0 aromatic carbocycles. The Morgan fingerprint density at radius 1 is 1.33 bits per heavy atom. The van der Waals surface area contributed by atoms with Crippen LogP contribution in [-0.2, 0) is 9.47 Å². The molecule has 0 amide bonds. The number of ether oxygens (including phenoxy) is 2. The van der Waals surface area contributed by atoms with Gasteiger partial charge in [-0.1, -0.05) is 13.8 Å². The molecule has 1 fully saturated rings. The molecule has 12 heavy (non-hydrogen) atoms. The normalized spacial score (nSPS) is 36.8. The number of aliphatic hydroxyl groups is 1. The van der Waals surface area contributed by atoms with Gasteiger partial charge in [0, 0.05) is 5.41 Å². The third-order valence-electron chi connectivity index (χ3n) is 2.57. The summed E-state index contributed by atoms with van der Waals surface area (Å²) in [7, 11) is 0. The molecule has 1 aliphatic heterocycles. The lowest BCUT2D eigenvalue weighted by Crippen LogP contribution is -2.43. The first-order valence-corrected chi connectivity index (χ1v) is 4.60. The lowest BCUT2D eigenvalue weighted by molar-refractivity contribution is -0.237. The first-order chi connectivity index (χ1) is 5.76. The average molecular weight is 174 g/mol. The Bertz CT molecular complexity index is 122. The van der Waals surface area contributed by atoms with Crippen LogP contribution in [0.25, 0.3) is 0 Å². The van der Waals surface area contributed by atoms with E-state index >= 15 is 0 Å².